The molecule has 0 saturated carbocycles. The van der Waals surface area contributed by atoms with Crippen LogP contribution >= 0.6 is 0 Å². The van der Waals surface area contributed by atoms with Crippen LogP contribution in [-0.4, -0.2) is 11.8 Å². The Morgan fingerprint density at radius 2 is 0.743 bits per heavy atom. The molecule has 0 aliphatic carbocycles. The van der Waals surface area contributed by atoms with Crippen LogP contribution in [-0.2, 0) is 9.47 Å². The molecule has 4 aromatic rings. The molecule has 2 heterocycles. The zero-order valence-corrected chi connectivity index (χ0v) is 19.3. The third-order valence-corrected chi connectivity index (χ3v) is 6.51. The average molecular weight is 459 g/mol. The summed E-state index contributed by atoms with van der Waals surface area (Å²) in [5.41, 5.74) is 4.49. The van der Waals surface area contributed by atoms with Gasteiger partial charge in [-0.1, -0.05) is 121 Å². The van der Waals surface area contributed by atoms with Gasteiger partial charge in [-0.15, -0.1) is 0 Å². The molecule has 4 nitrogen and oxygen atoms in total. The van der Waals surface area contributed by atoms with Crippen molar-refractivity contribution in [2.45, 2.75) is 30.7 Å². The van der Waals surface area contributed by atoms with E-state index in [4.69, 9.17) is 19.5 Å². The summed E-state index contributed by atoms with van der Waals surface area (Å²) in [6, 6.07) is 41.0. The van der Waals surface area contributed by atoms with Crippen molar-refractivity contribution < 1.29 is 9.47 Å². The van der Waals surface area contributed by atoms with Crippen LogP contribution in [0.3, 0.4) is 0 Å². The van der Waals surface area contributed by atoms with Crippen LogP contribution in [0.1, 0.15) is 53.0 Å². The summed E-state index contributed by atoms with van der Waals surface area (Å²) >= 11 is 0. The number of aliphatic imine (C=N–C) groups is 2. The maximum absolute atomic E-state index is 6.45. The predicted molar refractivity (Wildman–Crippen MR) is 138 cm³/mol. The van der Waals surface area contributed by atoms with Gasteiger partial charge >= 0.3 is 0 Å². The molecule has 0 spiro atoms. The highest BCUT2D eigenvalue weighted by molar-refractivity contribution is 5.98. The first-order chi connectivity index (χ1) is 17.3. The predicted octanol–water partition coefficient (Wildman–Crippen LogP) is 7.20. The van der Waals surface area contributed by atoms with Gasteiger partial charge in [0, 0.05) is 0 Å². The maximum atomic E-state index is 6.45. The minimum absolute atomic E-state index is 0.106. The quantitative estimate of drug-likeness (QED) is 0.307. The van der Waals surface area contributed by atoms with Crippen LogP contribution < -0.4 is 0 Å². The van der Waals surface area contributed by atoms with E-state index in [9.17, 15) is 0 Å². The Hall–Kier alpha value is -4.18. The third kappa shape index (κ3) is 4.47. The zero-order chi connectivity index (χ0) is 23.5. The highest BCUT2D eigenvalue weighted by Crippen LogP contribution is 2.43. The first-order valence-corrected chi connectivity index (χ1v) is 12.0. The van der Waals surface area contributed by atoms with E-state index in [1.165, 1.54) is 0 Å². The fourth-order valence-corrected chi connectivity index (χ4v) is 4.82. The monoisotopic (exact) mass is 458 g/mol. The topological polar surface area (TPSA) is 43.2 Å². The Balaban J connectivity index is 1.29. The van der Waals surface area contributed by atoms with E-state index in [1.54, 1.807) is 0 Å². The molecule has 0 amide bonds. The largest absolute Gasteiger partial charge is 0.470 e. The summed E-state index contributed by atoms with van der Waals surface area (Å²) in [5.74, 6) is 1.32. The molecule has 4 atom stereocenters. The van der Waals surface area contributed by atoms with E-state index < -0.39 is 0 Å². The SMILES string of the molecule is c1ccc([C@H]2OC(CC3=N[C@@H](c4ccccc4)[C@@H](c4ccccc4)O3)=N[C@H]2c2ccccc2)cc1. The molecule has 0 bridgehead atoms. The van der Waals surface area contributed by atoms with Gasteiger partial charge in [0.1, 0.15) is 12.1 Å². The van der Waals surface area contributed by atoms with Gasteiger partial charge in [-0.3, -0.25) is 0 Å². The summed E-state index contributed by atoms with van der Waals surface area (Å²) < 4.78 is 12.9. The highest BCUT2D eigenvalue weighted by atomic mass is 16.5. The van der Waals surface area contributed by atoms with Gasteiger partial charge in [0.05, 0.1) is 6.42 Å². The number of nitrogens with zero attached hydrogens (tertiary/aromatic N) is 2. The molecule has 35 heavy (non-hydrogen) atoms. The van der Waals surface area contributed by atoms with Gasteiger partial charge in [0.15, 0.2) is 24.0 Å². The molecular weight excluding hydrogens is 432 g/mol. The second-order valence-electron chi connectivity index (χ2n) is 8.83. The number of hydrogen-bond donors (Lipinski definition) is 0. The first-order valence-electron chi connectivity index (χ1n) is 12.0. The van der Waals surface area contributed by atoms with Gasteiger partial charge < -0.3 is 9.47 Å². The van der Waals surface area contributed by atoms with Gasteiger partial charge in [-0.2, -0.15) is 0 Å². The molecule has 0 N–H and O–H groups in total. The van der Waals surface area contributed by atoms with Gasteiger partial charge in [0.25, 0.3) is 0 Å². The lowest BCUT2D eigenvalue weighted by Gasteiger charge is -2.19. The van der Waals surface area contributed by atoms with E-state index >= 15 is 0 Å². The molecule has 4 aromatic carbocycles. The summed E-state index contributed by atoms with van der Waals surface area (Å²) in [4.78, 5) is 10.0. The van der Waals surface area contributed by atoms with Crippen LogP contribution in [0.25, 0.3) is 0 Å². The van der Waals surface area contributed by atoms with Crippen molar-refractivity contribution >= 4 is 11.8 Å². The molecule has 0 fully saturated rings. The summed E-state index contributed by atoms with van der Waals surface area (Å²) in [6.45, 7) is 0. The van der Waals surface area contributed by atoms with Crippen molar-refractivity contribution in [3.8, 4) is 0 Å². The van der Waals surface area contributed by atoms with Gasteiger partial charge in [-0.25, -0.2) is 9.98 Å². The number of benzene rings is 4. The van der Waals surface area contributed by atoms with Crippen LogP contribution in [0.5, 0.6) is 0 Å². The number of rotatable bonds is 6. The fourth-order valence-electron chi connectivity index (χ4n) is 4.82. The van der Waals surface area contributed by atoms with E-state index in [0.29, 0.717) is 18.2 Å². The van der Waals surface area contributed by atoms with Crippen molar-refractivity contribution in [3.05, 3.63) is 144 Å². The first kappa shape index (κ1) is 21.4. The van der Waals surface area contributed by atoms with Crippen molar-refractivity contribution in [2.75, 3.05) is 0 Å². The second-order valence-corrected chi connectivity index (χ2v) is 8.83. The van der Waals surface area contributed by atoms with Crippen LogP contribution in [0.2, 0.25) is 0 Å². The molecule has 0 unspecified atom stereocenters. The molecular formula is C31H26N2O2. The second kappa shape index (κ2) is 9.59. The summed E-state index contributed by atoms with van der Waals surface area (Å²) in [6.07, 6.45) is 0.0789. The van der Waals surface area contributed by atoms with Crippen molar-refractivity contribution in [1.29, 1.82) is 0 Å². The molecule has 4 heteroatoms. The Morgan fingerprint density at radius 3 is 1.09 bits per heavy atom. The maximum Gasteiger partial charge on any atom is 0.194 e. The van der Waals surface area contributed by atoms with Crippen LogP contribution in [0, 0.1) is 0 Å². The molecule has 2 aliphatic rings. The van der Waals surface area contributed by atoms with Crippen molar-refractivity contribution in [1.82, 2.24) is 0 Å². The Morgan fingerprint density at radius 1 is 0.429 bits per heavy atom. The number of ether oxygens (including phenoxy) is 2. The van der Waals surface area contributed by atoms with Crippen molar-refractivity contribution in [2.24, 2.45) is 9.98 Å². The normalized spacial score (nSPS) is 23.2. The minimum Gasteiger partial charge on any atom is -0.470 e. The lowest BCUT2D eigenvalue weighted by atomic mass is 9.97. The van der Waals surface area contributed by atoms with E-state index in [0.717, 1.165) is 22.3 Å². The molecule has 0 saturated heterocycles. The standard InChI is InChI=1S/C31H26N2O2/c1-5-13-22(14-6-1)28-30(24-17-9-3-10-18-24)34-26(32-28)21-27-33-29(23-15-7-2-8-16-23)31(35-27)25-19-11-4-12-20-25/h1-20,28-31H,21H2/t28-,29-,30+,31+/m0/s1. The molecule has 0 aromatic heterocycles. The molecule has 0 radical (unpaired) electrons. The fraction of sp³-hybridized carbons (Fsp3) is 0.161. The molecule has 6 rings (SSSR count). The Labute approximate surface area is 205 Å². The van der Waals surface area contributed by atoms with Crippen LogP contribution in [0.15, 0.2) is 131 Å². The summed E-state index contributed by atoms with van der Waals surface area (Å²) in [5, 5.41) is 0. The van der Waals surface area contributed by atoms with Gasteiger partial charge in [0.2, 0.25) is 0 Å². The van der Waals surface area contributed by atoms with E-state index in [2.05, 4.69) is 48.5 Å². The lowest BCUT2D eigenvalue weighted by molar-refractivity contribution is 0.183. The van der Waals surface area contributed by atoms with E-state index in [1.807, 2.05) is 72.8 Å². The Kier molecular flexibility index (Phi) is 5.85. The average Bonchev–Trinajstić information content (AvgIpc) is 3.56. The van der Waals surface area contributed by atoms with Crippen LogP contribution in [0.4, 0.5) is 0 Å². The highest BCUT2D eigenvalue weighted by Gasteiger charge is 2.37. The smallest absolute Gasteiger partial charge is 0.194 e. The van der Waals surface area contributed by atoms with E-state index in [-0.39, 0.29) is 24.3 Å². The molecule has 2 aliphatic heterocycles. The van der Waals surface area contributed by atoms with Gasteiger partial charge in [-0.05, 0) is 22.3 Å². The Bertz CT molecular complexity index is 1220. The van der Waals surface area contributed by atoms with Crippen molar-refractivity contribution in [3.63, 3.8) is 0 Å². The number of hydrogen-bond acceptors (Lipinski definition) is 4. The molecule has 172 valence electrons. The lowest BCUT2D eigenvalue weighted by Crippen LogP contribution is -2.13. The third-order valence-electron chi connectivity index (χ3n) is 6.51. The summed E-state index contributed by atoms with van der Waals surface area (Å²) in [7, 11) is 0. The minimum atomic E-state index is -0.176. The zero-order valence-electron chi connectivity index (χ0n) is 19.3.